The lowest BCUT2D eigenvalue weighted by Crippen LogP contribution is -2.69. The zero-order valence-corrected chi connectivity index (χ0v) is 18.5. The predicted octanol–water partition coefficient (Wildman–Crippen LogP) is 2.63. The average molecular weight is 434 g/mol. The molecule has 3 heterocycles. The van der Waals surface area contributed by atoms with E-state index in [4.69, 9.17) is 4.74 Å². The molecule has 5 nitrogen and oxygen atoms in total. The first kappa shape index (κ1) is 18.7. The van der Waals surface area contributed by atoms with Crippen molar-refractivity contribution in [1.29, 1.82) is 0 Å². The van der Waals surface area contributed by atoms with E-state index in [1.54, 1.807) is 0 Å². The number of carbonyl (C=O) groups excluding carboxylic acids is 1. The van der Waals surface area contributed by atoms with Crippen LogP contribution in [0.2, 0.25) is 0 Å². The van der Waals surface area contributed by atoms with Gasteiger partial charge in [-0.15, -0.1) is 0 Å². The first-order valence-electron chi connectivity index (χ1n) is 12.4. The van der Waals surface area contributed by atoms with Crippen molar-refractivity contribution in [2.75, 3.05) is 6.54 Å². The van der Waals surface area contributed by atoms with Crippen molar-refractivity contribution in [1.82, 2.24) is 4.90 Å². The van der Waals surface area contributed by atoms with Crippen molar-refractivity contribution >= 4 is 5.97 Å². The Bertz CT molecular complexity index is 1070. The molecule has 9 fully saturated rings. The summed E-state index contributed by atoms with van der Waals surface area (Å²) < 4.78 is 6.19. The Labute approximate surface area is 188 Å². The molecule has 2 N–H and O–H groups in total. The third-order valence-corrected chi connectivity index (χ3v) is 11.5. The summed E-state index contributed by atoms with van der Waals surface area (Å²) in [6, 6.07) is 10.2. The number of nitrogens with zero attached hydrogens (tertiary/aromatic N) is 1. The van der Waals surface area contributed by atoms with Crippen molar-refractivity contribution in [2.45, 2.75) is 63.0 Å². The molecule has 3 unspecified atom stereocenters. The van der Waals surface area contributed by atoms with Crippen LogP contribution in [0, 0.1) is 39.9 Å². The van der Waals surface area contributed by atoms with Crippen LogP contribution in [-0.4, -0.2) is 58.0 Å². The number of hydrogen-bond donors (Lipinski definition) is 2. The van der Waals surface area contributed by atoms with Crippen LogP contribution in [0.4, 0.5) is 0 Å². The Morgan fingerprint density at radius 2 is 1.91 bits per heavy atom. The number of carbonyl (C=O) groups is 1. The van der Waals surface area contributed by atoms with E-state index < -0.39 is 12.2 Å². The molecule has 6 saturated carbocycles. The van der Waals surface area contributed by atoms with Gasteiger partial charge in [-0.1, -0.05) is 31.7 Å². The standard InChI is InChI=1S/C27H31NO4/c1-13-16-8-17-22-27-10-15(32-24(31)14-6-4-3-5-7-14)9-25(2)12-28(22)18(20(25)27)11-26(17,23(13)30)21(27)19(16)29/h3-7,15-23,29-30H,1,8-12H2,2H3/t15-,16+,17+,18-,19-,20+,21+,22?,23+,25-,26?,27-/m0/s1. The third-order valence-electron chi connectivity index (χ3n) is 11.5. The Kier molecular flexibility index (Phi) is 3.12. The van der Waals surface area contributed by atoms with Crippen LogP contribution >= 0.6 is 0 Å². The van der Waals surface area contributed by atoms with Gasteiger partial charge in [-0.25, -0.2) is 4.79 Å². The number of piperidine rings is 2. The van der Waals surface area contributed by atoms with E-state index in [0.29, 0.717) is 29.5 Å². The van der Waals surface area contributed by atoms with E-state index in [-0.39, 0.29) is 40.2 Å². The molecular formula is C27H31NO4. The summed E-state index contributed by atoms with van der Waals surface area (Å²) in [6.45, 7) is 7.70. The highest BCUT2D eigenvalue weighted by Crippen LogP contribution is 2.87. The van der Waals surface area contributed by atoms with Crippen LogP contribution in [0.1, 0.15) is 43.0 Å². The lowest BCUT2D eigenvalue weighted by atomic mass is 9.39. The van der Waals surface area contributed by atoms with Crippen molar-refractivity contribution in [3.63, 3.8) is 0 Å². The topological polar surface area (TPSA) is 70.0 Å². The fourth-order valence-corrected chi connectivity index (χ4v) is 11.4. The van der Waals surface area contributed by atoms with Gasteiger partial charge in [0.25, 0.3) is 0 Å². The number of rotatable bonds is 2. The Morgan fingerprint density at radius 3 is 2.69 bits per heavy atom. The Hall–Kier alpha value is -1.69. The van der Waals surface area contributed by atoms with Gasteiger partial charge in [-0.3, -0.25) is 4.90 Å². The molecule has 9 bridgehead atoms. The van der Waals surface area contributed by atoms with E-state index >= 15 is 0 Å². The summed E-state index contributed by atoms with van der Waals surface area (Å²) in [7, 11) is 0. The van der Waals surface area contributed by atoms with E-state index in [2.05, 4.69) is 18.4 Å². The molecule has 32 heavy (non-hydrogen) atoms. The summed E-state index contributed by atoms with van der Waals surface area (Å²) in [4.78, 5) is 15.7. The van der Waals surface area contributed by atoms with Crippen LogP contribution in [0.25, 0.3) is 0 Å². The predicted molar refractivity (Wildman–Crippen MR) is 116 cm³/mol. The van der Waals surface area contributed by atoms with Gasteiger partial charge in [0.05, 0.1) is 17.8 Å². The minimum atomic E-state index is -0.497. The molecule has 0 aromatic heterocycles. The molecule has 0 amide bonds. The number of aliphatic hydroxyl groups is 2. The molecule has 3 aliphatic heterocycles. The number of hydrogen-bond acceptors (Lipinski definition) is 5. The normalized spacial score (nSPS) is 59.7. The van der Waals surface area contributed by atoms with Crippen LogP contribution in [0.15, 0.2) is 42.5 Å². The van der Waals surface area contributed by atoms with Crippen molar-refractivity contribution in [3.05, 3.63) is 48.0 Å². The Morgan fingerprint density at radius 1 is 1.12 bits per heavy atom. The number of benzene rings is 1. The average Bonchev–Trinajstić information content (AvgIpc) is 3.19. The first-order chi connectivity index (χ1) is 15.3. The fraction of sp³-hybridized carbons (Fsp3) is 0.667. The highest BCUT2D eigenvalue weighted by molar-refractivity contribution is 5.89. The monoisotopic (exact) mass is 433 g/mol. The summed E-state index contributed by atoms with van der Waals surface area (Å²) in [6.07, 6.45) is 2.63. The van der Waals surface area contributed by atoms with Gasteiger partial charge in [0.2, 0.25) is 0 Å². The van der Waals surface area contributed by atoms with Gasteiger partial charge in [0.15, 0.2) is 0 Å². The van der Waals surface area contributed by atoms with Crippen molar-refractivity contribution in [3.8, 4) is 0 Å². The van der Waals surface area contributed by atoms with Gasteiger partial charge >= 0.3 is 5.97 Å². The summed E-state index contributed by atoms with van der Waals surface area (Å²) >= 11 is 0. The van der Waals surface area contributed by atoms with E-state index in [9.17, 15) is 15.0 Å². The molecule has 9 aliphatic rings. The molecule has 1 aromatic rings. The van der Waals surface area contributed by atoms with Crippen LogP contribution in [0.5, 0.6) is 0 Å². The second-order valence-electron chi connectivity index (χ2n) is 12.4. The number of ether oxygens (including phenoxy) is 1. The second-order valence-corrected chi connectivity index (χ2v) is 12.4. The quantitative estimate of drug-likeness (QED) is 0.554. The molecule has 13 atom stereocenters. The SMILES string of the molecule is C=C1[C@H]2C[C@@H]3C4N5C[C@]6(C)C[C@H](OC(=O)c7ccccc7)C[C@]47[C@H]([C@H]2O)C3(C[C@H]5[C@H]67)[C@@H]1O. The molecule has 0 radical (unpaired) electrons. The maximum atomic E-state index is 13.0. The van der Waals surface area contributed by atoms with Gasteiger partial charge < -0.3 is 14.9 Å². The van der Waals surface area contributed by atoms with Gasteiger partial charge in [-0.05, 0) is 60.6 Å². The minimum absolute atomic E-state index is 0.0116. The zero-order valence-electron chi connectivity index (χ0n) is 18.5. The summed E-state index contributed by atoms with van der Waals surface area (Å²) in [5.74, 6) is 0.822. The summed E-state index contributed by atoms with van der Waals surface area (Å²) in [5.41, 5.74) is 1.28. The lowest BCUT2D eigenvalue weighted by Gasteiger charge is -2.66. The van der Waals surface area contributed by atoms with Crippen LogP contribution in [-0.2, 0) is 4.74 Å². The molecule has 1 aromatic carbocycles. The highest BCUT2D eigenvalue weighted by Gasteiger charge is 2.90. The smallest absolute Gasteiger partial charge is 0.338 e. The molecular weight excluding hydrogens is 402 g/mol. The van der Waals surface area contributed by atoms with E-state index in [1.807, 2.05) is 30.3 Å². The maximum Gasteiger partial charge on any atom is 0.338 e. The van der Waals surface area contributed by atoms with Gasteiger partial charge in [0, 0.05) is 41.3 Å². The van der Waals surface area contributed by atoms with Gasteiger partial charge in [0.1, 0.15) is 6.10 Å². The Balaban J connectivity index is 1.24. The number of esters is 1. The van der Waals surface area contributed by atoms with E-state index in [1.165, 1.54) is 0 Å². The van der Waals surface area contributed by atoms with Crippen molar-refractivity contribution in [2.24, 2.45) is 39.9 Å². The number of fused-ring (bicyclic) bond motifs is 1. The minimum Gasteiger partial charge on any atom is -0.459 e. The molecule has 168 valence electrons. The fourth-order valence-electron chi connectivity index (χ4n) is 11.4. The molecule has 3 saturated heterocycles. The van der Waals surface area contributed by atoms with Gasteiger partial charge in [-0.2, -0.15) is 0 Å². The van der Waals surface area contributed by atoms with Crippen molar-refractivity contribution < 1.29 is 19.7 Å². The molecule has 5 heteroatoms. The van der Waals surface area contributed by atoms with Crippen LogP contribution in [0.3, 0.4) is 0 Å². The zero-order chi connectivity index (χ0) is 21.8. The second kappa shape index (κ2) is 5.34. The van der Waals surface area contributed by atoms with E-state index in [0.717, 1.165) is 37.8 Å². The lowest BCUT2D eigenvalue weighted by molar-refractivity contribution is -0.220. The highest BCUT2D eigenvalue weighted by atomic mass is 16.5. The maximum absolute atomic E-state index is 13.0. The van der Waals surface area contributed by atoms with Crippen LogP contribution < -0.4 is 0 Å². The number of aliphatic hydroxyl groups excluding tert-OH is 2. The third kappa shape index (κ3) is 1.67. The molecule has 6 aliphatic carbocycles. The molecule has 2 spiro atoms. The first-order valence-corrected chi connectivity index (χ1v) is 12.4. The summed E-state index contributed by atoms with van der Waals surface area (Å²) in [5, 5.41) is 23.2. The molecule has 10 rings (SSSR count). The largest absolute Gasteiger partial charge is 0.459 e.